The largest absolute Gasteiger partial charge is 0.508 e. The highest BCUT2D eigenvalue weighted by molar-refractivity contribution is 6.05. The number of phenolic OH excluding ortho intramolecular Hbond substituents is 8. The van der Waals surface area contributed by atoms with E-state index in [-0.39, 0.29) is 11.3 Å². The van der Waals surface area contributed by atoms with E-state index in [1.165, 1.54) is 0 Å². The van der Waals surface area contributed by atoms with Crippen molar-refractivity contribution in [1.29, 1.82) is 0 Å². The third kappa shape index (κ3) is 5.73. The molecule has 7 atom stereocenters. The van der Waals surface area contributed by atoms with Crippen molar-refractivity contribution in [3.05, 3.63) is 53.1 Å². The lowest BCUT2D eigenvalue weighted by molar-refractivity contribution is -0.311. The molecule has 0 radical (unpaired) electrons. The van der Waals surface area contributed by atoms with Crippen molar-refractivity contribution in [3.8, 4) is 51.7 Å². The number of benzene rings is 3. The monoisotopic (exact) mass is 634 g/mol. The van der Waals surface area contributed by atoms with E-state index in [9.17, 15) is 65.8 Å². The van der Waals surface area contributed by atoms with E-state index >= 15 is 0 Å². The van der Waals surface area contributed by atoms with Crippen LogP contribution in [0.25, 0.3) is 0 Å². The third-order valence-electron chi connectivity index (χ3n) is 7.15. The SMILES string of the molecule is O=C(OCC1OC(OC2C(=O)c3c(O)cc(O)cc3OC2c2cc(O)c(O)c(O)c2)C(O)C(O)C1O)c1cc(O)c(O)c(O)c1. The average molecular weight is 634 g/mol. The number of aromatic hydroxyl groups is 8. The summed E-state index contributed by atoms with van der Waals surface area (Å²) in [6.45, 7) is -0.812. The highest BCUT2D eigenvalue weighted by Gasteiger charge is 2.49. The molecule has 0 amide bonds. The van der Waals surface area contributed by atoms with Crippen molar-refractivity contribution in [2.45, 2.75) is 42.9 Å². The number of esters is 1. The predicted molar refractivity (Wildman–Crippen MR) is 142 cm³/mol. The van der Waals surface area contributed by atoms with Crippen LogP contribution in [0.1, 0.15) is 32.4 Å². The number of Topliss-reactive ketones (excluding diaryl/α,β-unsaturated/α-hetero) is 1. The van der Waals surface area contributed by atoms with Gasteiger partial charge in [0.2, 0.25) is 5.78 Å². The van der Waals surface area contributed by atoms with Crippen LogP contribution in [0.15, 0.2) is 36.4 Å². The van der Waals surface area contributed by atoms with Crippen molar-refractivity contribution in [3.63, 3.8) is 0 Å². The molecule has 45 heavy (non-hydrogen) atoms. The molecule has 1 saturated heterocycles. The molecule has 2 aliphatic heterocycles. The van der Waals surface area contributed by atoms with Gasteiger partial charge in [-0.3, -0.25) is 4.79 Å². The molecule has 17 nitrogen and oxygen atoms in total. The number of aliphatic hydroxyl groups excluding tert-OH is 3. The summed E-state index contributed by atoms with van der Waals surface area (Å²) >= 11 is 0. The van der Waals surface area contributed by atoms with Gasteiger partial charge < -0.3 is 75.1 Å². The Kier molecular flexibility index (Phi) is 8.13. The molecular weight excluding hydrogens is 608 g/mol. The normalized spacial score (nSPS) is 26.1. The van der Waals surface area contributed by atoms with Gasteiger partial charge in [0.15, 0.2) is 53.0 Å². The summed E-state index contributed by atoms with van der Waals surface area (Å²) < 4.78 is 22.0. The number of aliphatic hydroxyl groups is 3. The fourth-order valence-corrected chi connectivity index (χ4v) is 4.85. The van der Waals surface area contributed by atoms with Crippen LogP contribution in [-0.2, 0) is 14.2 Å². The molecule has 1 fully saturated rings. The molecule has 0 spiro atoms. The summed E-state index contributed by atoms with van der Waals surface area (Å²) in [4.78, 5) is 26.1. The van der Waals surface area contributed by atoms with Gasteiger partial charge in [0.1, 0.15) is 53.8 Å². The molecule has 0 aromatic heterocycles. The minimum absolute atomic E-state index is 0.175. The van der Waals surface area contributed by atoms with Crippen LogP contribution in [0.5, 0.6) is 51.7 Å². The number of ether oxygens (including phenoxy) is 4. The predicted octanol–water partition coefficient (Wildman–Crippen LogP) is -0.302. The lowest BCUT2D eigenvalue weighted by atomic mass is 9.91. The maximum atomic E-state index is 13.6. The molecule has 3 aromatic carbocycles. The maximum absolute atomic E-state index is 13.6. The molecule has 2 heterocycles. The van der Waals surface area contributed by atoms with Crippen LogP contribution in [0.2, 0.25) is 0 Å². The van der Waals surface area contributed by atoms with Crippen molar-refractivity contribution in [2.75, 3.05) is 6.61 Å². The Morgan fingerprint density at radius 2 is 1.31 bits per heavy atom. The zero-order valence-corrected chi connectivity index (χ0v) is 22.6. The Hall–Kier alpha value is -5.20. The van der Waals surface area contributed by atoms with Crippen molar-refractivity contribution in [2.24, 2.45) is 0 Å². The zero-order chi connectivity index (χ0) is 32.9. The van der Waals surface area contributed by atoms with E-state index in [1.54, 1.807) is 0 Å². The number of phenols is 8. The standard InChI is InChI=1S/C28H26O17/c29-10-5-11(30)18-16(6-10)43-25(8-1-12(31)19(35)13(32)2-8)26(22(18)38)45-28-24(40)23(39)21(37)17(44-28)7-42-27(41)9-3-14(33)20(36)15(34)4-9/h1-6,17,21,23-26,28-37,39-40H,7H2. The van der Waals surface area contributed by atoms with Gasteiger partial charge >= 0.3 is 5.97 Å². The van der Waals surface area contributed by atoms with Gasteiger partial charge in [0.05, 0.1) is 5.56 Å². The van der Waals surface area contributed by atoms with E-state index < -0.39 is 118 Å². The van der Waals surface area contributed by atoms with Gasteiger partial charge in [-0.2, -0.15) is 0 Å². The van der Waals surface area contributed by atoms with E-state index in [0.29, 0.717) is 0 Å². The van der Waals surface area contributed by atoms with Gasteiger partial charge in [-0.1, -0.05) is 0 Å². The molecule has 5 rings (SSSR count). The number of carbonyl (C=O) groups excluding carboxylic acids is 2. The van der Waals surface area contributed by atoms with Gasteiger partial charge in [-0.25, -0.2) is 4.79 Å². The third-order valence-corrected chi connectivity index (χ3v) is 7.15. The Labute approximate surface area is 251 Å². The highest BCUT2D eigenvalue weighted by atomic mass is 16.7. The first-order chi connectivity index (χ1) is 21.2. The van der Waals surface area contributed by atoms with Gasteiger partial charge in [-0.05, 0) is 24.3 Å². The van der Waals surface area contributed by atoms with Crippen molar-refractivity contribution >= 4 is 11.8 Å². The minimum Gasteiger partial charge on any atom is -0.508 e. The second-order valence-corrected chi connectivity index (χ2v) is 10.2. The fraction of sp³-hybridized carbons (Fsp3) is 0.286. The minimum atomic E-state index is -2.04. The summed E-state index contributed by atoms with van der Waals surface area (Å²) in [5.74, 6) is -8.86. The first-order valence-electron chi connectivity index (χ1n) is 13.0. The Morgan fingerprint density at radius 3 is 1.91 bits per heavy atom. The first kappa shape index (κ1) is 31.2. The first-order valence-corrected chi connectivity index (χ1v) is 13.0. The topological polar surface area (TPSA) is 294 Å². The van der Waals surface area contributed by atoms with Gasteiger partial charge in [-0.15, -0.1) is 0 Å². The van der Waals surface area contributed by atoms with E-state index in [2.05, 4.69) is 0 Å². The molecule has 0 aliphatic carbocycles. The summed E-state index contributed by atoms with van der Waals surface area (Å²) in [5, 5.41) is 111. The molecule has 0 bridgehead atoms. The summed E-state index contributed by atoms with van der Waals surface area (Å²) in [6.07, 6.45) is -13.0. The number of rotatable bonds is 6. The average Bonchev–Trinajstić information content (AvgIpc) is 2.98. The fourth-order valence-electron chi connectivity index (χ4n) is 4.85. The smallest absolute Gasteiger partial charge is 0.338 e. The van der Waals surface area contributed by atoms with Gasteiger partial charge in [0, 0.05) is 17.7 Å². The van der Waals surface area contributed by atoms with E-state index in [1.807, 2.05) is 0 Å². The van der Waals surface area contributed by atoms with Crippen LogP contribution in [0, 0.1) is 0 Å². The molecule has 240 valence electrons. The second kappa shape index (κ2) is 11.7. The van der Waals surface area contributed by atoms with Crippen molar-refractivity contribution < 1.29 is 84.7 Å². The molecule has 11 N–H and O–H groups in total. The summed E-state index contributed by atoms with van der Waals surface area (Å²) in [7, 11) is 0. The number of fused-ring (bicyclic) bond motifs is 1. The van der Waals surface area contributed by atoms with E-state index in [4.69, 9.17) is 18.9 Å². The quantitative estimate of drug-likeness (QED) is 0.122. The summed E-state index contributed by atoms with van der Waals surface area (Å²) in [5.41, 5.74) is -1.07. The molecule has 0 saturated carbocycles. The molecule has 2 aliphatic rings. The second-order valence-electron chi connectivity index (χ2n) is 10.2. The van der Waals surface area contributed by atoms with Crippen LogP contribution in [-0.4, -0.2) is 111 Å². The lowest BCUT2D eigenvalue weighted by Crippen LogP contribution is -2.60. The maximum Gasteiger partial charge on any atom is 0.338 e. The van der Waals surface area contributed by atoms with Crippen molar-refractivity contribution in [1.82, 2.24) is 0 Å². The molecule has 3 aromatic rings. The van der Waals surface area contributed by atoms with Crippen LogP contribution >= 0.6 is 0 Å². The van der Waals surface area contributed by atoms with Crippen LogP contribution in [0.3, 0.4) is 0 Å². The molecule has 17 heteroatoms. The van der Waals surface area contributed by atoms with Crippen LogP contribution < -0.4 is 4.74 Å². The Morgan fingerprint density at radius 1 is 0.733 bits per heavy atom. The zero-order valence-electron chi connectivity index (χ0n) is 22.6. The number of hydrogen-bond acceptors (Lipinski definition) is 17. The number of ketones is 1. The summed E-state index contributed by atoms with van der Waals surface area (Å²) in [6, 6.07) is 5.20. The van der Waals surface area contributed by atoms with Crippen LogP contribution in [0.4, 0.5) is 0 Å². The van der Waals surface area contributed by atoms with E-state index in [0.717, 1.165) is 36.4 Å². The Balaban J connectivity index is 1.43. The number of hydrogen-bond donors (Lipinski definition) is 11. The van der Waals surface area contributed by atoms with Gasteiger partial charge in [0.25, 0.3) is 0 Å². The molecule has 7 unspecified atom stereocenters. The highest BCUT2D eigenvalue weighted by Crippen LogP contribution is 2.46. The molecular formula is C28H26O17. The Bertz CT molecular complexity index is 1610. The lowest BCUT2D eigenvalue weighted by Gasteiger charge is -2.42. The number of carbonyl (C=O) groups is 2.